The summed E-state index contributed by atoms with van der Waals surface area (Å²) in [5.74, 6) is 0. The number of benzene rings is 1. The highest BCUT2D eigenvalue weighted by Crippen LogP contribution is 2.59. The lowest BCUT2D eigenvalue weighted by Gasteiger charge is -2.54. The van der Waals surface area contributed by atoms with Crippen molar-refractivity contribution < 1.29 is 19.2 Å². The Morgan fingerprint density at radius 3 is 2.35 bits per heavy atom. The Labute approximate surface area is 121 Å². The second-order valence-corrected chi connectivity index (χ2v) is 8.15. The van der Waals surface area contributed by atoms with Crippen LogP contribution in [0.3, 0.4) is 0 Å². The quantitative estimate of drug-likeness (QED) is 0.620. The van der Waals surface area contributed by atoms with Crippen molar-refractivity contribution in [1.82, 2.24) is 4.31 Å². The maximum absolute atomic E-state index is 10.6. The first kappa shape index (κ1) is 15.8. The fourth-order valence-corrected chi connectivity index (χ4v) is 4.87. The molecule has 0 unspecified atom stereocenters. The normalized spacial score (nSPS) is 22.4. The molecule has 0 amide bonds. The predicted molar refractivity (Wildman–Crippen MR) is 82.3 cm³/mol. The molecule has 1 heterocycles. The summed E-state index contributed by atoms with van der Waals surface area (Å²) < 4.78 is 22.8. The molecule has 20 heavy (non-hydrogen) atoms. The molecule has 7 heteroatoms. The Morgan fingerprint density at radius 1 is 1.25 bits per heavy atom. The van der Waals surface area contributed by atoms with Gasteiger partial charge in [0.15, 0.2) is 0 Å². The Morgan fingerprint density at radius 2 is 1.85 bits per heavy atom. The van der Waals surface area contributed by atoms with Crippen LogP contribution in [0.25, 0.3) is 0 Å². The molecule has 0 radical (unpaired) electrons. The van der Waals surface area contributed by atoms with Gasteiger partial charge >= 0.3 is 7.12 Å². The molecule has 2 rings (SSSR count). The Balaban J connectivity index is 2.62. The molecule has 5 nitrogen and oxygen atoms in total. The molecule has 4 N–H and O–H groups in total. The molecule has 0 saturated carbocycles. The van der Waals surface area contributed by atoms with E-state index in [0.717, 1.165) is 5.56 Å². The molecule has 1 aromatic rings. The summed E-state index contributed by atoms with van der Waals surface area (Å²) in [6.07, 6.45) is 0. The van der Waals surface area contributed by atoms with Crippen molar-refractivity contribution in [3.63, 3.8) is 0 Å². The summed E-state index contributed by atoms with van der Waals surface area (Å²) in [5, 5.41) is 18.6. The monoisotopic (exact) mass is 299 g/mol. The number of hydrogen-bond acceptors (Lipinski definition) is 5. The molecule has 0 aromatic heterocycles. The van der Waals surface area contributed by atoms with Crippen molar-refractivity contribution in [3.05, 3.63) is 23.8 Å². The zero-order chi connectivity index (χ0) is 15.3. The Hall–Kier alpha value is -0.565. The second kappa shape index (κ2) is 5.01. The van der Waals surface area contributed by atoms with Gasteiger partial charge in [-0.2, -0.15) is 4.31 Å². The summed E-state index contributed by atoms with van der Waals surface area (Å²) in [6.45, 7) is 8.40. The van der Waals surface area contributed by atoms with Crippen molar-refractivity contribution in [2.75, 3.05) is 6.54 Å². The zero-order valence-corrected chi connectivity index (χ0v) is 13.1. The molecule has 0 bridgehead atoms. The highest BCUT2D eigenvalue weighted by Gasteiger charge is 2.42. The Kier molecular flexibility index (Phi) is 3.96. The van der Waals surface area contributed by atoms with Crippen LogP contribution in [0, 0.1) is 0 Å². The molecular formula is C13H22BNO4S. The first-order valence-corrected chi connectivity index (χ1v) is 8.13. The van der Waals surface area contributed by atoms with Gasteiger partial charge in [-0.15, -0.1) is 10.8 Å². The van der Waals surface area contributed by atoms with Gasteiger partial charge in [-0.1, -0.05) is 26.0 Å². The third-order valence-corrected chi connectivity index (χ3v) is 5.93. The van der Waals surface area contributed by atoms with Gasteiger partial charge in [-0.25, -0.2) is 0 Å². The zero-order valence-electron chi connectivity index (χ0n) is 12.2. The summed E-state index contributed by atoms with van der Waals surface area (Å²) >= 11 is 0. The minimum Gasteiger partial charge on any atom is -0.423 e. The van der Waals surface area contributed by atoms with Crippen LogP contribution in [-0.4, -0.2) is 43.2 Å². The van der Waals surface area contributed by atoms with Crippen LogP contribution in [0.5, 0.6) is 0 Å². The van der Waals surface area contributed by atoms with Gasteiger partial charge in [0.1, 0.15) is 0 Å². The lowest BCUT2D eigenvalue weighted by atomic mass is 9.75. The Bertz CT molecular complexity index is 519. The van der Waals surface area contributed by atoms with Gasteiger partial charge in [0, 0.05) is 18.0 Å². The van der Waals surface area contributed by atoms with E-state index < -0.39 is 17.9 Å². The van der Waals surface area contributed by atoms with E-state index in [4.69, 9.17) is 0 Å². The number of hydrogen-bond donors (Lipinski definition) is 4. The molecule has 0 spiro atoms. The molecule has 112 valence electrons. The van der Waals surface area contributed by atoms with Crippen molar-refractivity contribution in [1.29, 1.82) is 0 Å². The topological polar surface area (TPSA) is 84.2 Å². The van der Waals surface area contributed by atoms with E-state index in [9.17, 15) is 19.2 Å². The molecule has 1 aromatic carbocycles. The summed E-state index contributed by atoms with van der Waals surface area (Å²) in [6, 6.07) is 4.79. The van der Waals surface area contributed by atoms with Crippen LogP contribution < -0.4 is 5.46 Å². The second-order valence-electron chi connectivity index (χ2n) is 6.20. The van der Waals surface area contributed by atoms with E-state index in [1.54, 1.807) is 16.4 Å². The van der Waals surface area contributed by atoms with Gasteiger partial charge in [0.25, 0.3) is 0 Å². The van der Waals surface area contributed by atoms with Crippen LogP contribution in [0.4, 0.5) is 0 Å². The number of rotatable bonds is 2. The molecule has 0 atom stereocenters. The first-order chi connectivity index (χ1) is 9.07. The van der Waals surface area contributed by atoms with Gasteiger partial charge in [-0.05, 0) is 30.9 Å². The van der Waals surface area contributed by atoms with Crippen LogP contribution in [-0.2, 0) is 5.41 Å². The fourth-order valence-electron chi connectivity index (χ4n) is 2.64. The van der Waals surface area contributed by atoms with Crippen molar-refractivity contribution in [3.8, 4) is 0 Å². The van der Waals surface area contributed by atoms with Crippen molar-refractivity contribution in [2.24, 2.45) is 0 Å². The minimum absolute atomic E-state index is 0.00975. The van der Waals surface area contributed by atoms with E-state index in [0.29, 0.717) is 16.9 Å². The highest BCUT2D eigenvalue weighted by molar-refractivity contribution is 8.22. The summed E-state index contributed by atoms with van der Waals surface area (Å²) in [4.78, 5) is 0.479. The average molecular weight is 299 g/mol. The number of fused-ring (bicyclic) bond motifs is 1. The van der Waals surface area contributed by atoms with Crippen LogP contribution in [0.1, 0.15) is 33.3 Å². The number of nitrogens with zero attached hydrogens (tertiary/aromatic N) is 1. The van der Waals surface area contributed by atoms with E-state index in [2.05, 4.69) is 0 Å². The van der Waals surface area contributed by atoms with Crippen LogP contribution in [0.2, 0.25) is 0 Å². The third-order valence-electron chi connectivity index (χ3n) is 3.78. The lowest BCUT2D eigenvalue weighted by Crippen LogP contribution is -2.47. The largest absolute Gasteiger partial charge is 0.488 e. The predicted octanol–water partition coefficient (Wildman–Crippen LogP) is 1.39. The van der Waals surface area contributed by atoms with Gasteiger partial charge < -0.3 is 10.0 Å². The molecule has 0 fully saturated rings. The van der Waals surface area contributed by atoms with Crippen LogP contribution >= 0.6 is 10.8 Å². The average Bonchev–Trinajstić information content (AvgIpc) is 2.33. The molecule has 1 aliphatic rings. The maximum Gasteiger partial charge on any atom is 0.488 e. The standard InChI is InChI=1S/C13H22BNO4S/c1-9(2)15-8-13(3,4)11-7-10(14(16)17)5-6-12(11)20(15,18)19/h5-7,9,16-19H,8H2,1-4H3. The van der Waals surface area contributed by atoms with Crippen LogP contribution in [0.15, 0.2) is 23.1 Å². The van der Waals surface area contributed by atoms with Crippen molar-refractivity contribution in [2.45, 2.75) is 44.0 Å². The first-order valence-electron chi connectivity index (χ1n) is 6.63. The minimum atomic E-state index is -3.03. The maximum atomic E-state index is 10.6. The lowest BCUT2D eigenvalue weighted by molar-refractivity contribution is 0.243. The molecule has 0 saturated heterocycles. The molecule has 1 aliphatic heterocycles. The van der Waals surface area contributed by atoms with Gasteiger partial charge in [-0.3, -0.25) is 9.11 Å². The fraction of sp³-hybridized carbons (Fsp3) is 0.538. The van der Waals surface area contributed by atoms with E-state index in [1.807, 2.05) is 27.7 Å². The summed E-state index contributed by atoms with van der Waals surface area (Å²) in [7, 11) is -4.58. The smallest absolute Gasteiger partial charge is 0.423 e. The SMILES string of the molecule is CC(C)N1CC(C)(C)c2cc(B(O)O)ccc2S1(O)O. The third kappa shape index (κ3) is 2.50. The van der Waals surface area contributed by atoms with E-state index in [-0.39, 0.29) is 11.5 Å². The molecular weight excluding hydrogens is 277 g/mol. The van der Waals surface area contributed by atoms with E-state index >= 15 is 0 Å². The van der Waals surface area contributed by atoms with E-state index in [1.165, 1.54) is 6.07 Å². The van der Waals surface area contributed by atoms with Crippen molar-refractivity contribution >= 4 is 23.4 Å². The highest BCUT2D eigenvalue weighted by atomic mass is 32.3. The molecule has 0 aliphatic carbocycles. The van der Waals surface area contributed by atoms with Gasteiger partial charge in [0.2, 0.25) is 0 Å². The summed E-state index contributed by atoms with van der Waals surface area (Å²) in [5.41, 5.74) is 0.831. The van der Waals surface area contributed by atoms with Gasteiger partial charge in [0.05, 0.1) is 4.90 Å².